The largest absolute Gasteiger partial charge is 0.488 e. The fourth-order valence-electron chi connectivity index (χ4n) is 1.74. The zero-order chi connectivity index (χ0) is 13.7. The molecule has 0 heterocycles. The molecule has 0 aliphatic rings. The van der Waals surface area contributed by atoms with Gasteiger partial charge in [-0.15, -0.1) is 0 Å². The van der Waals surface area contributed by atoms with Gasteiger partial charge in [0.1, 0.15) is 0 Å². The first kappa shape index (κ1) is 13.5. The van der Waals surface area contributed by atoms with E-state index in [9.17, 15) is 13.2 Å². The van der Waals surface area contributed by atoms with E-state index >= 15 is 0 Å². The molecule has 2 aromatic rings. The predicted octanol–water partition coefficient (Wildman–Crippen LogP) is 4.12. The smallest absolute Gasteiger partial charge is 0.203 e. The van der Waals surface area contributed by atoms with E-state index in [4.69, 9.17) is 4.74 Å². The van der Waals surface area contributed by atoms with E-state index < -0.39 is 23.2 Å². The molecule has 0 radical (unpaired) electrons. The zero-order valence-corrected chi connectivity index (χ0v) is 10.2. The lowest BCUT2D eigenvalue weighted by Gasteiger charge is -2.08. The van der Waals surface area contributed by atoms with Gasteiger partial charge in [0.05, 0.1) is 6.61 Å². The predicted molar refractivity (Wildman–Crippen MR) is 66.6 cm³/mol. The van der Waals surface area contributed by atoms with E-state index in [-0.39, 0.29) is 6.61 Å². The van der Waals surface area contributed by atoms with Crippen LogP contribution in [0, 0.1) is 17.5 Å². The number of benzene rings is 2. The van der Waals surface area contributed by atoms with Gasteiger partial charge in [0.2, 0.25) is 5.82 Å². The molecule has 1 nitrogen and oxygen atoms in total. The monoisotopic (exact) mass is 266 g/mol. The van der Waals surface area contributed by atoms with Crippen LogP contribution in [0.15, 0.2) is 42.5 Å². The topological polar surface area (TPSA) is 9.23 Å². The summed E-state index contributed by atoms with van der Waals surface area (Å²) in [4.78, 5) is 0. The van der Waals surface area contributed by atoms with Gasteiger partial charge in [0.15, 0.2) is 17.4 Å². The van der Waals surface area contributed by atoms with Crippen LogP contribution in [0.2, 0.25) is 0 Å². The van der Waals surface area contributed by atoms with Crippen molar-refractivity contribution in [2.45, 2.75) is 12.8 Å². The molecule has 0 fully saturated rings. The molecule has 0 aliphatic heterocycles. The average molecular weight is 266 g/mol. The molecule has 0 spiro atoms. The molecule has 0 amide bonds. The lowest BCUT2D eigenvalue weighted by molar-refractivity contribution is 0.274. The van der Waals surface area contributed by atoms with Gasteiger partial charge in [0.25, 0.3) is 0 Å². The lowest BCUT2D eigenvalue weighted by Crippen LogP contribution is -2.04. The summed E-state index contributed by atoms with van der Waals surface area (Å²) in [6, 6.07) is 11.3. The number of aryl methyl sites for hydroxylation is 1. The molecule has 0 saturated carbocycles. The Bertz CT molecular complexity index is 541. The Hall–Kier alpha value is -1.97. The molecule has 0 saturated heterocycles. The molecular formula is C15H13F3O. The molecule has 19 heavy (non-hydrogen) atoms. The van der Waals surface area contributed by atoms with Crippen LogP contribution in [0.3, 0.4) is 0 Å². The normalized spacial score (nSPS) is 10.5. The van der Waals surface area contributed by atoms with Crippen LogP contribution >= 0.6 is 0 Å². The second-order valence-corrected chi connectivity index (χ2v) is 4.11. The first-order valence-corrected chi connectivity index (χ1v) is 5.98. The van der Waals surface area contributed by atoms with Gasteiger partial charge in [0, 0.05) is 0 Å². The Labute approximate surface area is 109 Å². The Morgan fingerprint density at radius 3 is 2.26 bits per heavy atom. The Morgan fingerprint density at radius 2 is 1.53 bits per heavy atom. The highest BCUT2D eigenvalue weighted by Gasteiger charge is 2.14. The number of ether oxygens (including phenoxy) is 1. The molecule has 0 aliphatic carbocycles. The lowest BCUT2D eigenvalue weighted by atomic mass is 10.1. The van der Waals surface area contributed by atoms with Crippen LogP contribution in [0.4, 0.5) is 13.2 Å². The maximum Gasteiger partial charge on any atom is 0.203 e. The van der Waals surface area contributed by atoms with Crippen molar-refractivity contribution in [3.05, 3.63) is 65.5 Å². The van der Waals surface area contributed by atoms with Crippen LogP contribution in [-0.2, 0) is 6.42 Å². The third-order valence-corrected chi connectivity index (χ3v) is 2.70. The van der Waals surface area contributed by atoms with Crippen LogP contribution < -0.4 is 4.74 Å². The molecule has 0 N–H and O–H groups in total. The zero-order valence-electron chi connectivity index (χ0n) is 10.2. The third-order valence-electron chi connectivity index (χ3n) is 2.70. The summed E-state index contributed by atoms with van der Waals surface area (Å²) < 4.78 is 44.4. The summed E-state index contributed by atoms with van der Waals surface area (Å²) in [5.41, 5.74) is 1.12. The number of halogens is 3. The second kappa shape index (κ2) is 6.27. The van der Waals surface area contributed by atoms with Crippen molar-refractivity contribution < 1.29 is 17.9 Å². The van der Waals surface area contributed by atoms with Crippen molar-refractivity contribution in [1.82, 2.24) is 0 Å². The summed E-state index contributed by atoms with van der Waals surface area (Å²) in [6.07, 6.45) is 1.33. The van der Waals surface area contributed by atoms with E-state index in [1.165, 1.54) is 0 Å². The number of hydrogen-bond donors (Lipinski definition) is 0. The van der Waals surface area contributed by atoms with Gasteiger partial charge < -0.3 is 4.74 Å². The summed E-state index contributed by atoms with van der Waals surface area (Å²) in [5.74, 6) is -3.93. The molecule has 2 aromatic carbocycles. The fourth-order valence-corrected chi connectivity index (χ4v) is 1.74. The van der Waals surface area contributed by atoms with Gasteiger partial charge in [-0.3, -0.25) is 0 Å². The van der Waals surface area contributed by atoms with Gasteiger partial charge in [-0.2, -0.15) is 4.39 Å². The Kier molecular flexibility index (Phi) is 4.44. The maximum atomic E-state index is 13.3. The van der Waals surface area contributed by atoms with Crippen molar-refractivity contribution in [3.8, 4) is 5.75 Å². The van der Waals surface area contributed by atoms with E-state index in [0.29, 0.717) is 6.42 Å². The van der Waals surface area contributed by atoms with Crippen molar-refractivity contribution in [1.29, 1.82) is 0 Å². The first-order chi connectivity index (χ1) is 9.18. The van der Waals surface area contributed by atoms with E-state index in [2.05, 4.69) is 0 Å². The van der Waals surface area contributed by atoms with Crippen molar-refractivity contribution in [2.24, 2.45) is 0 Å². The SMILES string of the molecule is Fc1ccc(F)c(OCCCc2ccccc2)c1F. The van der Waals surface area contributed by atoms with Gasteiger partial charge >= 0.3 is 0 Å². The average Bonchev–Trinajstić information content (AvgIpc) is 2.43. The van der Waals surface area contributed by atoms with E-state index in [1.807, 2.05) is 30.3 Å². The minimum Gasteiger partial charge on any atom is -0.488 e. The van der Waals surface area contributed by atoms with Gasteiger partial charge in [-0.05, 0) is 30.5 Å². The minimum atomic E-state index is -1.28. The van der Waals surface area contributed by atoms with Gasteiger partial charge in [-0.1, -0.05) is 30.3 Å². The van der Waals surface area contributed by atoms with E-state index in [1.54, 1.807) is 0 Å². The molecule has 2 rings (SSSR count). The summed E-state index contributed by atoms with van der Waals surface area (Å²) >= 11 is 0. The van der Waals surface area contributed by atoms with Crippen molar-refractivity contribution in [2.75, 3.05) is 6.61 Å². The molecule has 100 valence electrons. The minimum absolute atomic E-state index is 0.131. The third kappa shape index (κ3) is 3.50. The highest BCUT2D eigenvalue weighted by atomic mass is 19.2. The fraction of sp³-hybridized carbons (Fsp3) is 0.200. The summed E-state index contributed by atoms with van der Waals surface area (Å²) in [5, 5.41) is 0. The molecule has 0 aromatic heterocycles. The van der Waals surface area contributed by atoms with Crippen LogP contribution in [-0.4, -0.2) is 6.61 Å². The van der Waals surface area contributed by atoms with Crippen LogP contribution in [0.1, 0.15) is 12.0 Å². The highest BCUT2D eigenvalue weighted by Crippen LogP contribution is 2.23. The summed E-state index contributed by atoms with van der Waals surface area (Å²) in [6.45, 7) is 0.131. The van der Waals surface area contributed by atoms with E-state index in [0.717, 1.165) is 24.1 Å². The Morgan fingerprint density at radius 1 is 0.842 bits per heavy atom. The summed E-state index contributed by atoms with van der Waals surface area (Å²) in [7, 11) is 0. The number of hydrogen-bond acceptors (Lipinski definition) is 1. The molecular weight excluding hydrogens is 253 g/mol. The highest BCUT2D eigenvalue weighted by molar-refractivity contribution is 5.27. The Balaban J connectivity index is 1.88. The first-order valence-electron chi connectivity index (χ1n) is 5.98. The van der Waals surface area contributed by atoms with Crippen LogP contribution in [0.25, 0.3) is 0 Å². The molecule has 0 bridgehead atoms. The number of rotatable bonds is 5. The van der Waals surface area contributed by atoms with Gasteiger partial charge in [-0.25, -0.2) is 8.78 Å². The van der Waals surface area contributed by atoms with Crippen LogP contribution in [0.5, 0.6) is 5.75 Å². The molecule has 4 heteroatoms. The molecule has 0 unspecified atom stereocenters. The van der Waals surface area contributed by atoms with Crippen molar-refractivity contribution >= 4 is 0 Å². The standard InChI is InChI=1S/C15H13F3O/c16-12-8-9-13(17)15(14(12)18)19-10-4-7-11-5-2-1-3-6-11/h1-3,5-6,8-9H,4,7,10H2. The second-order valence-electron chi connectivity index (χ2n) is 4.11. The quantitative estimate of drug-likeness (QED) is 0.584. The van der Waals surface area contributed by atoms with Crippen molar-refractivity contribution in [3.63, 3.8) is 0 Å². The maximum absolute atomic E-state index is 13.3. The molecule has 0 atom stereocenters.